The zero-order valence-corrected chi connectivity index (χ0v) is 17.0. The molecule has 9 heteroatoms. The van der Waals surface area contributed by atoms with Crippen LogP contribution in [-0.4, -0.2) is 72.5 Å². The van der Waals surface area contributed by atoms with Crippen molar-refractivity contribution in [3.05, 3.63) is 46.3 Å². The third kappa shape index (κ3) is 4.07. The Hall–Kier alpha value is -1.94. The summed E-state index contributed by atoms with van der Waals surface area (Å²) in [5.74, 6) is -0.177. The Morgan fingerprint density at radius 2 is 2.00 bits per heavy atom. The highest BCUT2D eigenvalue weighted by atomic mass is 32.2. The number of ether oxygens (including phenoxy) is 2. The Balaban J connectivity index is 1.34. The molecule has 2 aliphatic heterocycles. The summed E-state index contributed by atoms with van der Waals surface area (Å²) in [5.41, 5.74) is 1.25. The minimum absolute atomic E-state index is 0.00699. The predicted octanol–water partition coefficient (Wildman–Crippen LogP) is 1.90. The lowest BCUT2D eigenvalue weighted by Gasteiger charge is -2.19. The predicted molar refractivity (Wildman–Crippen MR) is 107 cm³/mol. The van der Waals surface area contributed by atoms with Gasteiger partial charge in [-0.25, -0.2) is 4.98 Å². The summed E-state index contributed by atoms with van der Waals surface area (Å²) in [6.07, 6.45) is 3.21. The van der Waals surface area contributed by atoms with Crippen molar-refractivity contribution in [3.63, 3.8) is 0 Å². The number of rotatable bonds is 4. The van der Waals surface area contributed by atoms with Crippen molar-refractivity contribution < 1.29 is 19.1 Å². The van der Waals surface area contributed by atoms with E-state index >= 15 is 0 Å². The first-order valence-electron chi connectivity index (χ1n) is 9.00. The van der Waals surface area contributed by atoms with Crippen LogP contribution in [0.25, 0.3) is 0 Å². The second kappa shape index (κ2) is 8.60. The van der Waals surface area contributed by atoms with E-state index in [2.05, 4.69) is 10.3 Å². The number of thioether (sulfide) groups is 1. The van der Waals surface area contributed by atoms with Crippen molar-refractivity contribution in [1.82, 2.24) is 15.2 Å². The van der Waals surface area contributed by atoms with Crippen LogP contribution in [0.3, 0.4) is 0 Å². The van der Waals surface area contributed by atoms with Crippen LogP contribution in [0.5, 0.6) is 0 Å². The Morgan fingerprint density at radius 3 is 2.64 bits per heavy atom. The number of carbonyl (C=O) groups excluding carboxylic acids is 2. The van der Waals surface area contributed by atoms with Gasteiger partial charge in [0.15, 0.2) is 0 Å². The molecule has 4 heterocycles. The fraction of sp³-hybridized carbons (Fsp3) is 0.421. The monoisotopic (exact) mass is 419 g/mol. The minimum atomic E-state index is -0.242. The maximum absolute atomic E-state index is 12.6. The maximum atomic E-state index is 12.6. The van der Waals surface area contributed by atoms with Crippen molar-refractivity contribution in [2.45, 2.75) is 23.3 Å². The number of hydrogen-bond acceptors (Lipinski definition) is 7. The SMILES string of the molecule is CSc1ncccc1C(=O)NC1CO[C@H]2CN(C(=O)c3ccsc3)C[C@@H]2OC1. The molecular weight excluding hydrogens is 398 g/mol. The van der Waals surface area contributed by atoms with E-state index in [1.807, 2.05) is 23.1 Å². The number of likely N-dealkylation sites (tertiary alicyclic amines) is 1. The smallest absolute Gasteiger partial charge is 0.254 e. The average Bonchev–Trinajstić information content (AvgIpc) is 3.36. The highest BCUT2D eigenvalue weighted by molar-refractivity contribution is 7.98. The first-order chi connectivity index (χ1) is 13.7. The van der Waals surface area contributed by atoms with Crippen molar-refractivity contribution >= 4 is 34.9 Å². The third-order valence-corrected chi connectivity index (χ3v) is 6.23. The molecule has 2 aromatic rings. The van der Waals surface area contributed by atoms with Gasteiger partial charge in [0.05, 0.1) is 30.4 Å². The van der Waals surface area contributed by atoms with Gasteiger partial charge in [-0.15, -0.1) is 11.8 Å². The number of carbonyl (C=O) groups is 2. The molecule has 0 bridgehead atoms. The number of fused-ring (bicyclic) bond motifs is 1. The van der Waals surface area contributed by atoms with Gasteiger partial charge in [-0.05, 0) is 29.8 Å². The second-order valence-corrected chi connectivity index (χ2v) is 8.27. The molecule has 7 nitrogen and oxygen atoms in total. The number of nitrogens with one attached hydrogen (secondary N) is 1. The minimum Gasteiger partial charge on any atom is -0.371 e. The Bertz CT molecular complexity index is 829. The van der Waals surface area contributed by atoms with Crippen LogP contribution in [0.4, 0.5) is 0 Å². The lowest BCUT2D eigenvalue weighted by Crippen LogP contribution is -2.41. The molecule has 1 N–H and O–H groups in total. The Morgan fingerprint density at radius 1 is 1.25 bits per heavy atom. The molecular formula is C19H21N3O4S2. The highest BCUT2D eigenvalue weighted by Crippen LogP contribution is 2.23. The summed E-state index contributed by atoms with van der Waals surface area (Å²) in [6.45, 7) is 1.70. The first kappa shape index (κ1) is 19.4. The summed E-state index contributed by atoms with van der Waals surface area (Å²) < 4.78 is 12.0. The standard InChI is InChI=1S/C19H21N3O4S2/c1-27-18-14(3-2-5-20-18)17(23)21-13-9-25-15-7-22(8-16(15)26-10-13)19(24)12-4-6-28-11-12/h2-6,11,13,15-16H,7-10H2,1H3,(H,21,23)/t15-,16-/m0/s1. The number of hydrogen-bond donors (Lipinski definition) is 1. The van der Waals surface area contributed by atoms with Crippen molar-refractivity contribution in [2.24, 2.45) is 0 Å². The number of pyridine rings is 1. The number of nitrogens with zero attached hydrogens (tertiary/aromatic N) is 2. The fourth-order valence-corrected chi connectivity index (χ4v) is 4.58. The summed E-state index contributed by atoms with van der Waals surface area (Å²) >= 11 is 2.94. The fourth-order valence-electron chi connectivity index (χ4n) is 3.40. The van der Waals surface area contributed by atoms with Crippen LogP contribution in [0.1, 0.15) is 20.7 Å². The van der Waals surface area contributed by atoms with Crippen molar-refractivity contribution in [1.29, 1.82) is 0 Å². The van der Waals surface area contributed by atoms with Gasteiger partial charge in [0.25, 0.3) is 11.8 Å². The molecule has 2 fully saturated rings. The van der Waals surface area contributed by atoms with Gasteiger partial charge < -0.3 is 19.7 Å². The van der Waals surface area contributed by atoms with E-state index in [4.69, 9.17) is 9.47 Å². The molecule has 0 radical (unpaired) electrons. The van der Waals surface area contributed by atoms with E-state index < -0.39 is 0 Å². The van der Waals surface area contributed by atoms with Crippen LogP contribution >= 0.6 is 23.1 Å². The zero-order valence-electron chi connectivity index (χ0n) is 15.4. The first-order valence-corrected chi connectivity index (χ1v) is 11.2. The van der Waals surface area contributed by atoms with E-state index in [0.29, 0.717) is 42.5 Å². The van der Waals surface area contributed by atoms with Crippen LogP contribution in [0, 0.1) is 0 Å². The normalized spacial score (nSPS) is 22.5. The van der Waals surface area contributed by atoms with Crippen LogP contribution < -0.4 is 5.32 Å². The summed E-state index contributed by atoms with van der Waals surface area (Å²) in [4.78, 5) is 31.1. The summed E-state index contributed by atoms with van der Waals surface area (Å²) in [5, 5.41) is 7.41. The van der Waals surface area contributed by atoms with Gasteiger partial charge in [0.1, 0.15) is 17.2 Å². The van der Waals surface area contributed by atoms with E-state index in [0.717, 1.165) is 0 Å². The van der Waals surface area contributed by atoms with Gasteiger partial charge in [0, 0.05) is 24.7 Å². The van der Waals surface area contributed by atoms with Crippen molar-refractivity contribution in [2.75, 3.05) is 32.6 Å². The van der Waals surface area contributed by atoms with E-state index in [1.165, 1.54) is 23.1 Å². The molecule has 2 aliphatic rings. The van der Waals surface area contributed by atoms with Gasteiger partial charge in [-0.2, -0.15) is 11.3 Å². The number of amides is 2. The molecule has 0 unspecified atom stereocenters. The lowest BCUT2D eigenvalue weighted by molar-refractivity contribution is -0.00461. The molecule has 0 aromatic carbocycles. The summed E-state index contributed by atoms with van der Waals surface area (Å²) in [6, 6.07) is 5.09. The lowest BCUT2D eigenvalue weighted by atomic mass is 10.2. The molecule has 2 amide bonds. The topological polar surface area (TPSA) is 80.8 Å². The number of aromatic nitrogens is 1. The molecule has 2 atom stereocenters. The average molecular weight is 420 g/mol. The molecule has 4 rings (SSSR count). The van der Waals surface area contributed by atoms with Gasteiger partial charge in [0.2, 0.25) is 0 Å². The van der Waals surface area contributed by atoms with E-state index in [9.17, 15) is 9.59 Å². The molecule has 0 saturated carbocycles. The van der Waals surface area contributed by atoms with Gasteiger partial charge in [-0.1, -0.05) is 0 Å². The number of thiophene rings is 1. The molecule has 0 spiro atoms. The second-order valence-electron chi connectivity index (χ2n) is 6.70. The Labute approximate surface area is 171 Å². The van der Waals surface area contributed by atoms with E-state index in [1.54, 1.807) is 23.2 Å². The van der Waals surface area contributed by atoms with Crippen molar-refractivity contribution in [3.8, 4) is 0 Å². The Kier molecular flexibility index (Phi) is 5.96. The molecule has 148 valence electrons. The van der Waals surface area contributed by atoms with Crippen LogP contribution in [0.2, 0.25) is 0 Å². The summed E-state index contributed by atoms with van der Waals surface area (Å²) in [7, 11) is 0. The largest absolute Gasteiger partial charge is 0.371 e. The van der Waals surface area contributed by atoms with Gasteiger partial charge in [-0.3, -0.25) is 9.59 Å². The van der Waals surface area contributed by atoms with Gasteiger partial charge >= 0.3 is 0 Å². The molecule has 0 aliphatic carbocycles. The molecule has 2 aromatic heterocycles. The molecule has 2 saturated heterocycles. The quantitative estimate of drug-likeness (QED) is 0.763. The highest BCUT2D eigenvalue weighted by Gasteiger charge is 2.39. The van der Waals surface area contributed by atoms with E-state index in [-0.39, 0.29) is 30.1 Å². The molecule has 28 heavy (non-hydrogen) atoms. The van der Waals surface area contributed by atoms with Crippen LogP contribution in [0.15, 0.2) is 40.2 Å². The zero-order chi connectivity index (χ0) is 19.5. The third-order valence-electron chi connectivity index (χ3n) is 4.84. The maximum Gasteiger partial charge on any atom is 0.254 e. The van der Waals surface area contributed by atoms with Crippen LogP contribution in [-0.2, 0) is 9.47 Å².